The van der Waals surface area contributed by atoms with E-state index in [0.717, 1.165) is 38.5 Å². The zero-order valence-electron chi connectivity index (χ0n) is 15.3. The first kappa shape index (κ1) is 18.1. The average molecular weight is 368 g/mol. The lowest BCUT2D eigenvalue weighted by molar-refractivity contribution is 0.0590. The number of aliphatic hydroxyl groups excluding tert-OH is 1. The number of carbonyl (C=O) groups is 1. The molecule has 27 heavy (non-hydrogen) atoms. The standard InChI is InChI=1S/C22H25FN2O2/c23-18-3-1-2-16(12-18)20-11-8-17(13-24-20)22(27)25-19-9-6-15(7-10-19)21(26)14-4-5-14/h1-3,8,11-15,19,21,26H,4-7,9-10H2,(H,25,27)/t15-,19-,21-/m0/s1. The summed E-state index contributed by atoms with van der Waals surface area (Å²) in [7, 11) is 0. The molecule has 1 amide bonds. The van der Waals surface area contributed by atoms with E-state index >= 15 is 0 Å². The summed E-state index contributed by atoms with van der Waals surface area (Å²) in [5.74, 6) is 0.472. The van der Waals surface area contributed by atoms with Gasteiger partial charge in [-0.05, 0) is 74.6 Å². The van der Waals surface area contributed by atoms with Gasteiger partial charge in [-0.2, -0.15) is 0 Å². The predicted octanol–water partition coefficient (Wildman–Crippen LogP) is 3.95. The van der Waals surface area contributed by atoms with Gasteiger partial charge in [-0.15, -0.1) is 0 Å². The highest BCUT2D eigenvalue weighted by molar-refractivity contribution is 5.94. The molecule has 2 fully saturated rings. The van der Waals surface area contributed by atoms with Gasteiger partial charge < -0.3 is 10.4 Å². The van der Waals surface area contributed by atoms with Crippen LogP contribution in [0.1, 0.15) is 48.9 Å². The van der Waals surface area contributed by atoms with Crippen molar-refractivity contribution in [2.24, 2.45) is 11.8 Å². The predicted molar refractivity (Wildman–Crippen MR) is 102 cm³/mol. The fourth-order valence-electron chi connectivity index (χ4n) is 4.04. The number of nitrogens with zero attached hydrogens (tertiary/aromatic N) is 1. The molecule has 1 atom stereocenters. The van der Waals surface area contributed by atoms with Crippen molar-refractivity contribution < 1.29 is 14.3 Å². The van der Waals surface area contributed by atoms with Gasteiger partial charge in [0.05, 0.1) is 17.4 Å². The van der Waals surface area contributed by atoms with E-state index in [2.05, 4.69) is 10.3 Å². The van der Waals surface area contributed by atoms with Gasteiger partial charge in [0, 0.05) is 17.8 Å². The van der Waals surface area contributed by atoms with Gasteiger partial charge in [0.15, 0.2) is 0 Å². The second-order valence-electron chi connectivity index (χ2n) is 7.86. The van der Waals surface area contributed by atoms with Crippen molar-refractivity contribution in [3.8, 4) is 11.3 Å². The van der Waals surface area contributed by atoms with Crippen LogP contribution in [0, 0.1) is 17.7 Å². The van der Waals surface area contributed by atoms with Crippen LogP contribution in [0.15, 0.2) is 42.6 Å². The molecule has 4 rings (SSSR count). The summed E-state index contributed by atoms with van der Waals surface area (Å²) in [5, 5.41) is 13.4. The number of halogens is 1. The molecule has 2 aliphatic rings. The van der Waals surface area contributed by atoms with E-state index in [1.165, 1.54) is 18.3 Å². The van der Waals surface area contributed by atoms with E-state index in [1.54, 1.807) is 24.3 Å². The van der Waals surface area contributed by atoms with E-state index in [9.17, 15) is 14.3 Å². The smallest absolute Gasteiger partial charge is 0.253 e. The van der Waals surface area contributed by atoms with E-state index in [-0.39, 0.29) is 23.9 Å². The molecule has 0 aliphatic heterocycles. The van der Waals surface area contributed by atoms with Crippen LogP contribution in [-0.4, -0.2) is 28.1 Å². The second kappa shape index (κ2) is 7.77. The van der Waals surface area contributed by atoms with Crippen LogP contribution in [0.3, 0.4) is 0 Å². The fourth-order valence-corrected chi connectivity index (χ4v) is 4.04. The minimum Gasteiger partial charge on any atom is -0.393 e. The Morgan fingerprint density at radius 1 is 1.07 bits per heavy atom. The maximum atomic E-state index is 13.3. The molecule has 4 nitrogen and oxygen atoms in total. The SMILES string of the molecule is O=C(N[C@H]1CC[C@H]([C@@H](O)C2CC2)CC1)c1ccc(-c2cccc(F)c2)nc1. The van der Waals surface area contributed by atoms with Crippen molar-refractivity contribution in [1.82, 2.24) is 10.3 Å². The van der Waals surface area contributed by atoms with Crippen LogP contribution in [0.2, 0.25) is 0 Å². The van der Waals surface area contributed by atoms with Crippen molar-refractivity contribution >= 4 is 5.91 Å². The number of hydrogen-bond donors (Lipinski definition) is 2. The monoisotopic (exact) mass is 368 g/mol. The highest BCUT2D eigenvalue weighted by atomic mass is 19.1. The second-order valence-corrected chi connectivity index (χ2v) is 7.86. The lowest BCUT2D eigenvalue weighted by Gasteiger charge is -2.32. The Morgan fingerprint density at radius 3 is 2.37 bits per heavy atom. The van der Waals surface area contributed by atoms with Crippen molar-refractivity contribution in [2.75, 3.05) is 0 Å². The molecule has 0 saturated heterocycles. The third-order valence-corrected chi connectivity index (χ3v) is 5.84. The van der Waals surface area contributed by atoms with Gasteiger partial charge in [-0.3, -0.25) is 9.78 Å². The third kappa shape index (κ3) is 4.35. The number of aliphatic hydroxyl groups is 1. The normalized spacial score (nSPS) is 23.6. The molecule has 2 saturated carbocycles. The molecule has 1 heterocycles. The number of amides is 1. The molecule has 2 aliphatic carbocycles. The van der Waals surface area contributed by atoms with E-state index in [4.69, 9.17) is 0 Å². The van der Waals surface area contributed by atoms with Crippen LogP contribution in [0.4, 0.5) is 4.39 Å². The maximum Gasteiger partial charge on any atom is 0.253 e. The van der Waals surface area contributed by atoms with E-state index in [0.29, 0.717) is 28.7 Å². The van der Waals surface area contributed by atoms with Gasteiger partial charge in [-0.1, -0.05) is 12.1 Å². The summed E-state index contributed by atoms with van der Waals surface area (Å²) in [5.41, 5.74) is 1.84. The van der Waals surface area contributed by atoms with Gasteiger partial charge in [-0.25, -0.2) is 4.39 Å². The van der Waals surface area contributed by atoms with Gasteiger partial charge >= 0.3 is 0 Å². The highest BCUT2D eigenvalue weighted by Crippen LogP contribution is 2.40. The minimum absolute atomic E-state index is 0.125. The molecule has 142 valence electrons. The highest BCUT2D eigenvalue weighted by Gasteiger charge is 2.37. The summed E-state index contributed by atoms with van der Waals surface area (Å²) in [4.78, 5) is 16.8. The largest absolute Gasteiger partial charge is 0.393 e. The number of nitrogens with one attached hydrogen (secondary N) is 1. The number of pyridine rings is 1. The molecule has 1 aromatic heterocycles. The molecule has 1 aromatic carbocycles. The van der Waals surface area contributed by atoms with Gasteiger partial charge in [0.25, 0.3) is 5.91 Å². The van der Waals surface area contributed by atoms with Crippen molar-refractivity contribution in [1.29, 1.82) is 0 Å². The first-order valence-corrected chi connectivity index (χ1v) is 9.81. The van der Waals surface area contributed by atoms with Crippen LogP contribution >= 0.6 is 0 Å². The molecule has 5 heteroatoms. The fraction of sp³-hybridized carbons (Fsp3) is 0.455. The molecule has 0 radical (unpaired) electrons. The topological polar surface area (TPSA) is 62.2 Å². The van der Waals surface area contributed by atoms with E-state index in [1.807, 2.05) is 0 Å². The lowest BCUT2D eigenvalue weighted by Crippen LogP contribution is -2.39. The summed E-state index contributed by atoms with van der Waals surface area (Å²) in [6.07, 6.45) is 7.48. The van der Waals surface area contributed by atoms with Gasteiger partial charge in [0.2, 0.25) is 0 Å². The Kier molecular flexibility index (Phi) is 5.21. The summed E-state index contributed by atoms with van der Waals surface area (Å²) in [6, 6.07) is 9.88. The van der Waals surface area contributed by atoms with Crippen LogP contribution < -0.4 is 5.32 Å². The Morgan fingerprint density at radius 2 is 1.78 bits per heavy atom. The van der Waals surface area contributed by atoms with Crippen LogP contribution in [0.25, 0.3) is 11.3 Å². The van der Waals surface area contributed by atoms with Crippen molar-refractivity contribution in [2.45, 2.75) is 50.7 Å². The average Bonchev–Trinajstić information content (AvgIpc) is 3.53. The Balaban J connectivity index is 1.32. The molecular weight excluding hydrogens is 343 g/mol. The van der Waals surface area contributed by atoms with E-state index < -0.39 is 0 Å². The Hall–Kier alpha value is -2.27. The molecule has 0 bridgehead atoms. The lowest BCUT2D eigenvalue weighted by atomic mass is 9.81. The molecule has 2 aromatic rings. The first-order valence-electron chi connectivity index (χ1n) is 9.81. The van der Waals surface area contributed by atoms with Crippen LogP contribution in [-0.2, 0) is 0 Å². The van der Waals surface area contributed by atoms with Crippen molar-refractivity contribution in [3.63, 3.8) is 0 Å². The Bertz CT molecular complexity index is 796. The first-order chi connectivity index (χ1) is 13.1. The van der Waals surface area contributed by atoms with Gasteiger partial charge in [0.1, 0.15) is 5.82 Å². The summed E-state index contributed by atoms with van der Waals surface area (Å²) < 4.78 is 13.3. The number of benzene rings is 1. The molecule has 2 N–H and O–H groups in total. The number of rotatable bonds is 5. The third-order valence-electron chi connectivity index (χ3n) is 5.84. The van der Waals surface area contributed by atoms with Crippen molar-refractivity contribution in [3.05, 3.63) is 54.0 Å². The maximum absolute atomic E-state index is 13.3. The molecular formula is C22H25FN2O2. The van der Waals surface area contributed by atoms with Crippen LogP contribution in [0.5, 0.6) is 0 Å². The summed E-state index contributed by atoms with van der Waals surface area (Å²) in [6.45, 7) is 0. The molecule has 0 unspecified atom stereocenters. The summed E-state index contributed by atoms with van der Waals surface area (Å²) >= 11 is 0. The quantitative estimate of drug-likeness (QED) is 0.840. The number of aromatic nitrogens is 1. The number of carbonyl (C=O) groups excluding carboxylic acids is 1. The number of hydrogen-bond acceptors (Lipinski definition) is 3. The Labute approximate surface area is 158 Å². The minimum atomic E-state index is -0.307. The zero-order chi connectivity index (χ0) is 18.8. The molecule has 0 spiro atoms. The zero-order valence-corrected chi connectivity index (χ0v) is 15.3.